The largest absolute Gasteiger partial charge is 0.478 e. The van der Waals surface area contributed by atoms with Gasteiger partial charge in [-0.2, -0.15) is 0 Å². The minimum absolute atomic E-state index is 0. The number of benzene rings is 1. The zero-order chi connectivity index (χ0) is 33.7. The predicted molar refractivity (Wildman–Crippen MR) is 195 cm³/mol. The maximum atomic E-state index is 13.9. The van der Waals surface area contributed by atoms with Gasteiger partial charge in [-0.3, -0.25) is 4.79 Å². The van der Waals surface area contributed by atoms with E-state index in [1.54, 1.807) is 12.1 Å². The fourth-order valence-electron chi connectivity index (χ4n) is 12.9. The fraction of sp³-hybridized carbons (Fsp3) is 0.714. The Kier molecular flexibility index (Phi) is 9.03. The molecule has 1 aromatic rings. The normalized spacial score (nSPS) is 39.1. The first-order chi connectivity index (χ1) is 22.1. The average Bonchev–Trinajstić information content (AvgIpc) is 3.77. The number of fused-ring (bicyclic) bond motifs is 7. The summed E-state index contributed by atoms with van der Waals surface area (Å²) in [5.74, 6) is 1.82. The Bertz CT molecular complexity index is 1520. The van der Waals surface area contributed by atoms with Gasteiger partial charge in [0, 0.05) is 18.4 Å². The van der Waals surface area contributed by atoms with Gasteiger partial charge in [0.05, 0.1) is 11.7 Å². The first-order valence-electron chi connectivity index (χ1n) is 18.8. The van der Waals surface area contributed by atoms with Crippen LogP contribution >= 0.6 is 12.4 Å². The minimum Gasteiger partial charge on any atom is -0.478 e. The van der Waals surface area contributed by atoms with E-state index in [0.29, 0.717) is 42.1 Å². The summed E-state index contributed by atoms with van der Waals surface area (Å²) in [5, 5.41) is 25.0. The number of carboxylic acid groups (broad SMARTS) is 1. The van der Waals surface area contributed by atoms with Gasteiger partial charge in [0.1, 0.15) is 0 Å². The lowest BCUT2D eigenvalue weighted by molar-refractivity contribution is -0.200. The van der Waals surface area contributed by atoms with E-state index in [1.807, 2.05) is 12.1 Å². The molecule has 0 bridgehead atoms. The van der Waals surface area contributed by atoms with E-state index in [2.05, 4.69) is 59.9 Å². The highest BCUT2D eigenvalue weighted by Crippen LogP contribution is 2.77. The maximum Gasteiger partial charge on any atom is 0.335 e. The zero-order valence-electron chi connectivity index (χ0n) is 30.5. The number of halogens is 1. The average molecular weight is 678 g/mol. The molecule has 0 heterocycles. The lowest BCUT2D eigenvalue weighted by Gasteiger charge is -2.71. The van der Waals surface area contributed by atoms with Crippen LogP contribution in [-0.2, 0) is 4.79 Å². The molecule has 48 heavy (non-hydrogen) atoms. The lowest BCUT2D eigenvalue weighted by atomic mass is 9.33. The Morgan fingerprint density at radius 3 is 2.23 bits per heavy atom. The molecule has 0 saturated heterocycles. The van der Waals surface area contributed by atoms with Gasteiger partial charge in [-0.25, -0.2) is 4.79 Å². The first kappa shape index (κ1) is 35.9. The number of carbonyl (C=O) groups is 2. The molecule has 264 valence electrons. The Morgan fingerprint density at radius 2 is 1.60 bits per heavy atom. The van der Waals surface area contributed by atoms with Crippen molar-refractivity contribution in [3.8, 4) is 0 Å². The number of hydrogen-bond donors (Lipinski definition) is 3. The van der Waals surface area contributed by atoms with E-state index >= 15 is 0 Å². The molecular weight excluding hydrogens is 618 g/mol. The summed E-state index contributed by atoms with van der Waals surface area (Å²) in [7, 11) is 0. The molecule has 0 radical (unpaired) electrons. The molecule has 0 unspecified atom stereocenters. The highest BCUT2D eigenvalue weighted by molar-refractivity contribution is 6.00. The van der Waals surface area contributed by atoms with Crippen molar-refractivity contribution in [1.82, 2.24) is 5.32 Å². The van der Waals surface area contributed by atoms with Gasteiger partial charge in [-0.1, -0.05) is 72.2 Å². The van der Waals surface area contributed by atoms with Crippen molar-refractivity contribution in [2.75, 3.05) is 13.1 Å². The standard InChI is InChI=1S/C42H59NO4.ClH/c1-25(2)35-31(44)22-42(34(45)24-43-23-26-8-9-26)21-20-40(6)30(36(35)42)14-15-33-39(5)18-16-29(27-10-12-28(13-11-27)37(46)47)38(3,4)32(39)17-19-41(33,40)7;/h10-13,16,25-26,30,32-34,43,45H,8-9,14-15,17-24H2,1-7H3,(H,46,47);1H/t30-,32+,33-,34+,39+,40-,41-,42+;/m1./s1. The van der Waals surface area contributed by atoms with Crippen molar-refractivity contribution in [3.05, 3.63) is 52.6 Å². The van der Waals surface area contributed by atoms with Crippen LogP contribution in [0.25, 0.3) is 5.57 Å². The number of aromatic carboxylic acids is 1. The third-order valence-electron chi connectivity index (χ3n) is 15.6. The van der Waals surface area contributed by atoms with Gasteiger partial charge in [-0.15, -0.1) is 12.4 Å². The second-order valence-electron chi connectivity index (χ2n) is 18.4. The van der Waals surface area contributed by atoms with Gasteiger partial charge >= 0.3 is 5.97 Å². The molecule has 0 amide bonds. The predicted octanol–water partition coefficient (Wildman–Crippen LogP) is 9.14. The van der Waals surface area contributed by atoms with Crippen molar-refractivity contribution in [2.24, 2.45) is 56.7 Å². The SMILES string of the molecule is CC(C)C1=C2[C@H]3CC[C@@H]4[C@@]5(C)CC=C(c6ccc(C(=O)O)cc6)C(C)(C)[C@@H]5CC[C@@]4(C)[C@]3(C)CC[C@@]2([C@@H](O)CNCC2CC2)CC1=O.Cl. The fourth-order valence-corrected chi connectivity index (χ4v) is 12.9. The van der Waals surface area contributed by atoms with Crippen molar-refractivity contribution in [1.29, 1.82) is 0 Å². The number of nitrogens with one attached hydrogen (secondary N) is 1. The summed E-state index contributed by atoms with van der Waals surface area (Å²) in [6.45, 7) is 18.6. The number of aliphatic hydroxyl groups is 1. The molecular formula is C42H60ClNO4. The second-order valence-corrected chi connectivity index (χ2v) is 18.4. The molecule has 1 aromatic carbocycles. The second kappa shape index (κ2) is 12.1. The summed E-state index contributed by atoms with van der Waals surface area (Å²) in [6, 6.07) is 7.51. The molecule has 6 aliphatic carbocycles. The van der Waals surface area contributed by atoms with Crippen LogP contribution in [0.15, 0.2) is 41.5 Å². The molecule has 4 fully saturated rings. The minimum atomic E-state index is -0.880. The van der Waals surface area contributed by atoms with Crippen molar-refractivity contribution < 1.29 is 19.8 Å². The van der Waals surface area contributed by atoms with Gasteiger partial charge in [0.15, 0.2) is 5.78 Å². The number of allylic oxidation sites excluding steroid dienone is 3. The molecule has 7 rings (SSSR count). The Labute approximate surface area is 295 Å². The lowest BCUT2D eigenvalue weighted by Crippen LogP contribution is -2.64. The molecule has 5 nitrogen and oxygen atoms in total. The van der Waals surface area contributed by atoms with Gasteiger partial charge < -0.3 is 15.5 Å². The van der Waals surface area contributed by atoms with E-state index in [1.165, 1.54) is 43.3 Å². The third-order valence-corrected chi connectivity index (χ3v) is 15.6. The van der Waals surface area contributed by atoms with Gasteiger partial charge in [0.2, 0.25) is 0 Å². The summed E-state index contributed by atoms with van der Waals surface area (Å²) in [4.78, 5) is 25.4. The van der Waals surface area contributed by atoms with Crippen molar-refractivity contribution >= 4 is 29.7 Å². The van der Waals surface area contributed by atoms with E-state index in [-0.39, 0.29) is 40.0 Å². The topological polar surface area (TPSA) is 86.6 Å². The maximum absolute atomic E-state index is 13.9. The number of hydrogen-bond acceptors (Lipinski definition) is 4. The summed E-state index contributed by atoms with van der Waals surface area (Å²) in [6.07, 6.45) is 12.7. The Hall–Kier alpha value is -1.95. The smallest absolute Gasteiger partial charge is 0.335 e. The number of carboxylic acids is 1. The van der Waals surface area contributed by atoms with Crippen LogP contribution in [0.3, 0.4) is 0 Å². The molecule has 8 atom stereocenters. The number of carbonyl (C=O) groups excluding carboxylic acids is 1. The molecule has 0 aliphatic heterocycles. The van der Waals surface area contributed by atoms with Crippen LogP contribution in [0.4, 0.5) is 0 Å². The molecule has 4 saturated carbocycles. The molecule has 3 N–H and O–H groups in total. The highest BCUT2D eigenvalue weighted by Gasteiger charge is 2.70. The molecule has 0 spiro atoms. The van der Waals surface area contributed by atoms with Crippen LogP contribution in [0.2, 0.25) is 0 Å². The summed E-state index contributed by atoms with van der Waals surface area (Å²) in [5.41, 5.74) is 5.23. The van der Waals surface area contributed by atoms with Crippen LogP contribution < -0.4 is 5.32 Å². The number of ketones is 1. The molecule has 0 aromatic heterocycles. The van der Waals surface area contributed by atoms with E-state index in [9.17, 15) is 19.8 Å². The molecule has 6 heteroatoms. The van der Waals surface area contributed by atoms with Crippen LogP contribution in [-0.4, -0.2) is 41.2 Å². The quantitative estimate of drug-likeness (QED) is 0.256. The highest BCUT2D eigenvalue weighted by atomic mass is 35.5. The zero-order valence-corrected chi connectivity index (χ0v) is 31.3. The van der Waals surface area contributed by atoms with E-state index in [4.69, 9.17) is 0 Å². The summed E-state index contributed by atoms with van der Waals surface area (Å²) >= 11 is 0. The van der Waals surface area contributed by atoms with Crippen LogP contribution in [0.1, 0.15) is 129 Å². The number of aliphatic hydroxyl groups excluding tert-OH is 1. The third kappa shape index (κ3) is 5.06. The van der Waals surface area contributed by atoms with Gasteiger partial charge in [0.25, 0.3) is 0 Å². The molecule has 6 aliphatic rings. The first-order valence-corrected chi connectivity index (χ1v) is 18.8. The Morgan fingerprint density at radius 1 is 0.917 bits per heavy atom. The van der Waals surface area contributed by atoms with Crippen LogP contribution in [0.5, 0.6) is 0 Å². The van der Waals surface area contributed by atoms with Gasteiger partial charge in [-0.05, 0) is 144 Å². The number of Topliss-reactive ketones (excluding diaryl/α,β-unsaturated/α-hetero) is 1. The van der Waals surface area contributed by atoms with Crippen LogP contribution in [0, 0.1) is 56.7 Å². The monoisotopic (exact) mass is 677 g/mol. The Balaban J connectivity index is 0.00000401. The van der Waals surface area contributed by atoms with Crippen molar-refractivity contribution in [3.63, 3.8) is 0 Å². The number of rotatable bonds is 8. The summed E-state index contributed by atoms with van der Waals surface area (Å²) < 4.78 is 0. The van der Waals surface area contributed by atoms with E-state index in [0.717, 1.165) is 49.3 Å². The van der Waals surface area contributed by atoms with Crippen molar-refractivity contribution in [2.45, 2.75) is 119 Å². The van der Waals surface area contributed by atoms with E-state index < -0.39 is 17.5 Å².